The van der Waals surface area contributed by atoms with Crippen LogP contribution in [0.25, 0.3) is 11.3 Å². The van der Waals surface area contributed by atoms with Crippen LogP contribution in [-0.2, 0) is 16.5 Å². The maximum absolute atomic E-state index is 14.2. The first-order chi connectivity index (χ1) is 19.0. The maximum atomic E-state index is 14.2. The number of benzene rings is 2. The number of amides is 1. The van der Waals surface area contributed by atoms with Crippen molar-refractivity contribution in [2.45, 2.75) is 38.0 Å². The Bertz CT molecular complexity index is 1450. The Morgan fingerprint density at radius 3 is 2.17 bits per heavy atom. The Morgan fingerprint density at radius 1 is 1.07 bits per heavy atom. The van der Waals surface area contributed by atoms with Crippen LogP contribution < -0.4 is 0 Å². The molecule has 1 aromatic heterocycles. The summed E-state index contributed by atoms with van der Waals surface area (Å²) in [4.78, 5) is 19.1. The van der Waals surface area contributed by atoms with E-state index in [0.29, 0.717) is 0 Å². The number of alkyl halides is 5. The van der Waals surface area contributed by atoms with Crippen LogP contribution in [0.15, 0.2) is 54.6 Å². The first kappa shape index (κ1) is 27.7. The van der Waals surface area contributed by atoms with Gasteiger partial charge in [-0.25, -0.2) is 13.8 Å². The molecule has 0 N–H and O–H groups in total. The second-order valence-electron chi connectivity index (χ2n) is 10.3. The van der Waals surface area contributed by atoms with Gasteiger partial charge in [-0.2, -0.15) is 18.4 Å². The number of halogens is 5. The fourth-order valence-electron chi connectivity index (χ4n) is 6.29. The zero-order valence-electron chi connectivity index (χ0n) is 21.8. The summed E-state index contributed by atoms with van der Waals surface area (Å²) < 4.78 is 73.5. The van der Waals surface area contributed by atoms with E-state index in [1.807, 2.05) is 37.3 Å². The molecule has 3 aromatic rings. The van der Waals surface area contributed by atoms with Crippen molar-refractivity contribution in [1.29, 1.82) is 5.26 Å². The maximum Gasteiger partial charge on any atom is 0.416 e. The first-order valence-corrected chi connectivity index (χ1v) is 12.8. The highest BCUT2D eigenvalue weighted by atomic mass is 19.4. The fraction of sp³-hybridized carbons (Fsp3) is 0.367. The number of piperidine rings is 1. The van der Waals surface area contributed by atoms with Crippen LogP contribution in [0.1, 0.15) is 57.6 Å². The average Bonchev–Trinajstić information content (AvgIpc) is 3.12. The minimum atomic E-state index is -4.58. The van der Waals surface area contributed by atoms with Gasteiger partial charge in [-0.3, -0.25) is 4.79 Å². The van der Waals surface area contributed by atoms with Gasteiger partial charge in [0.1, 0.15) is 17.4 Å². The summed E-state index contributed by atoms with van der Waals surface area (Å²) in [5, 5.41) is 9.75. The summed E-state index contributed by atoms with van der Waals surface area (Å²) in [6.07, 6.45) is -6.13. The first-order valence-electron chi connectivity index (χ1n) is 12.8. The molecule has 2 aromatic carbocycles. The van der Waals surface area contributed by atoms with Crippen LogP contribution in [0, 0.1) is 30.1 Å². The molecule has 1 aliphatic carbocycles. The molecule has 0 radical (unpaired) electrons. The lowest BCUT2D eigenvalue weighted by molar-refractivity contribution is -0.137. The number of pyridine rings is 1. The van der Waals surface area contributed by atoms with Crippen molar-refractivity contribution in [2.24, 2.45) is 11.8 Å². The van der Waals surface area contributed by atoms with Gasteiger partial charge in [-0.05, 0) is 43.5 Å². The van der Waals surface area contributed by atoms with Crippen LogP contribution in [0.5, 0.6) is 0 Å². The second kappa shape index (κ2) is 10.3. The van der Waals surface area contributed by atoms with E-state index in [9.17, 15) is 32.0 Å². The van der Waals surface area contributed by atoms with Crippen LogP contribution >= 0.6 is 0 Å². The van der Waals surface area contributed by atoms with E-state index in [1.165, 1.54) is 4.90 Å². The molecule has 1 saturated carbocycles. The Kier molecular flexibility index (Phi) is 7.13. The van der Waals surface area contributed by atoms with Crippen molar-refractivity contribution in [3.63, 3.8) is 0 Å². The monoisotopic (exact) mass is 555 g/mol. The van der Waals surface area contributed by atoms with Crippen molar-refractivity contribution in [3.05, 3.63) is 88.1 Å². The minimum Gasteiger partial charge on any atom is -0.373 e. The quantitative estimate of drug-likeness (QED) is 0.321. The predicted octanol–water partition coefficient (Wildman–Crippen LogP) is 6.91. The SMILES string of the molecule is CO[C@@]1(c2ccc(C)cc2)[C@@H]2CC[C@H]1CN(C(=O)c1cc(C#N)c(-c3ccc(C(F)(F)F)cc3)nc1C(F)F)C2. The van der Waals surface area contributed by atoms with Crippen LogP contribution in [0.4, 0.5) is 22.0 Å². The summed E-state index contributed by atoms with van der Waals surface area (Å²) in [6.45, 7) is 2.55. The molecular weight excluding hydrogens is 529 g/mol. The third kappa shape index (κ3) is 4.62. The van der Waals surface area contributed by atoms with Crippen LogP contribution in [-0.4, -0.2) is 36.0 Å². The molecule has 40 heavy (non-hydrogen) atoms. The molecular formula is C30H26F5N3O2. The third-order valence-corrected chi connectivity index (χ3v) is 8.18. The van der Waals surface area contributed by atoms with Crippen molar-refractivity contribution < 1.29 is 31.5 Å². The lowest BCUT2D eigenvalue weighted by Crippen LogP contribution is -2.54. The number of rotatable bonds is 5. The zero-order chi connectivity index (χ0) is 28.8. The van der Waals surface area contributed by atoms with Gasteiger partial charge < -0.3 is 9.64 Å². The summed E-state index contributed by atoms with van der Waals surface area (Å²) in [5.41, 5.74) is -0.929. The van der Waals surface area contributed by atoms with E-state index in [4.69, 9.17) is 4.74 Å². The van der Waals surface area contributed by atoms with E-state index in [2.05, 4.69) is 4.98 Å². The van der Waals surface area contributed by atoms with Crippen molar-refractivity contribution in [3.8, 4) is 17.3 Å². The normalized spacial score (nSPS) is 22.4. The van der Waals surface area contributed by atoms with Gasteiger partial charge in [0, 0.05) is 37.6 Å². The van der Waals surface area contributed by atoms with E-state index < -0.39 is 35.4 Å². The van der Waals surface area contributed by atoms with E-state index in [0.717, 1.165) is 54.3 Å². The molecule has 5 rings (SSSR count). The summed E-state index contributed by atoms with van der Waals surface area (Å²) >= 11 is 0. The largest absolute Gasteiger partial charge is 0.416 e. The van der Waals surface area contributed by atoms with Gasteiger partial charge in [-0.1, -0.05) is 42.0 Å². The molecule has 1 saturated heterocycles. The van der Waals surface area contributed by atoms with Gasteiger partial charge >= 0.3 is 6.18 Å². The highest BCUT2D eigenvalue weighted by Gasteiger charge is 2.56. The molecule has 2 aliphatic rings. The second-order valence-corrected chi connectivity index (χ2v) is 10.3. The number of aromatic nitrogens is 1. The Balaban J connectivity index is 1.48. The molecule has 5 nitrogen and oxygen atoms in total. The smallest absolute Gasteiger partial charge is 0.373 e. The van der Waals surface area contributed by atoms with Gasteiger partial charge in [0.2, 0.25) is 0 Å². The number of likely N-dealkylation sites (tertiary alicyclic amines) is 1. The summed E-state index contributed by atoms with van der Waals surface area (Å²) in [7, 11) is 1.65. The zero-order valence-corrected chi connectivity index (χ0v) is 21.8. The molecule has 2 heterocycles. The number of ether oxygens (including phenoxy) is 1. The Morgan fingerprint density at radius 2 is 1.68 bits per heavy atom. The number of fused-ring (bicyclic) bond motifs is 2. The van der Waals surface area contributed by atoms with E-state index >= 15 is 0 Å². The molecule has 208 valence electrons. The van der Waals surface area contributed by atoms with Crippen molar-refractivity contribution >= 4 is 5.91 Å². The number of carbonyl (C=O) groups is 1. The molecule has 2 bridgehead atoms. The lowest BCUT2D eigenvalue weighted by Gasteiger charge is -2.47. The topological polar surface area (TPSA) is 66.2 Å². The lowest BCUT2D eigenvalue weighted by atomic mass is 9.74. The van der Waals surface area contributed by atoms with Gasteiger partial charge in [-0.15, -0.1) is 0 Å². The number of hydrogen-bond donors (Lipinski definition) is 0. The molecule has 2 fully saturated rings. The van der Waals surface area contributed by atoms with Crippen molar-refractivity contribution in [1.82, 2.24) is 9.88 Å². The fourth-order valence-corrected chi connectivity index (χ4v) is 6.29. The standard InChI is InChI=1S/C30H26F5N3O2/c1-17-3-7-20(8-4-17)29(40-2)22-11-12-23(29)16-38(15-22)28(39)24-13-19(14-36)25(37-26(24)27(31)32)18-5-9-21(10-6-18)30(33,34)35/h3-10,13,22-23,27H,11-12,15-16H2,1-2H3/t22-,23+,29+. The average molecular weight is 556 g/mol. The molecule has 1 aliphatic heterocycles. The highest BCUT2D eigenvalue weighted by Crippen LogP contribution is 2.53. The Labute approximate surface area is 228 Å². The molecule has 3 atom stereocenters. The number of nitriles is 1. The van der Waals surface area contributed by atoms with Crippen molar-refractivity contribution in [2.75, 3.05) is 20.2 Å². The number of nitrogens with zero attached hydrogens (tertiary/aromatic N) is 3. The highest BCUT2D eigenvalue weighted by molar-refractivity contribution is 5.96. The number of carbonyl (C=O) groups excluding carboxylic acids is 1. The van der Waals surface area contributed by atoms with E-state index in [1.54, 1.807) is 7.11 Å². The van der Waals surface area contributed by atoms with Gasteiger partial charge in [0.05, 0.1) is 22.4 Å². The number of aryl methyl sites for hydroxylation is 1. The molecule has 10 heteroatoms. The van der Waals surface area contributed by atoms with Gasteiger partial charge in [0.15, 0.2) is 0 Å². The predicted molar refractivity (Wildman–Crippen MR) is 136 cm³/mol. The van der Waals surface area contributed by atoms with Gasteiger partial charge in [0.25, 0.3) is 12.3 Å². The molecule has 1 amide bonds. The van der Waals surface area contributed by atoms with Crippen LogP contribution in [0.3, 0.4) is 0 Å². The summed E-state index contributed by atoms with van der Waals surface area (Å²) in [5.74, 6) is -0.788. The van der Waals surface area contributed by atoms with E-state index in [-0.39, 0.29) is 47.3 Å². The molecule has 0 unspecified atom stereocenters. The number of methoxy groups -OCH3 is 1. The number of hydrogen-bond acceptors (Lipinski definition) is 4. The summed E-state index contributed by atoms with van der Waals surface area (Å²) in [6, 6.07) is 14.7. The minimum absolute atomic E-state index is 0.0597. The molecule has 0 spiro atoms. The third-order valence-electron chi connectivity index (χ3n) is 8.18. The Hall–Kier alpha value is -3.84. The van der Waals surface area contributed by atoms with Crippen LogP contribution in [0.2, 0.25) is 0 Å².